The van der Waals surface area contributed by atoms with E-state index in [1.54, 1.807) is 7.11 Å². The lowest BCUT2D eigenvalue weighted by molar-refractivity contribution is 0.1000. The lowest BCUT2D eigenvalue weighted by Crippen LogP contribution is -2.12. The van der Waals surface area contributed by atoms with Crippen LogP contribution in [0.2, 0.25) is 6.04 Å². The summed E-state index contributed by atoms with van der Waals surface area (Å²) in [6.07, 6.45) is 0.776. The van der Waals surface area contributed by atoms with Crippen molar-refractivity contribution in [3.63, 3.8) is 0 Å². The molecule has 1 rings (SSSR count). The molecule has 0 amide bonds. The Morgan fingerprint density at radius 1 is 1.20 bits per heavy atom. The minimum Gasteiger partial charge on any atom is -0.377 e. The normalized spacial score (nSPS) is 13.9. The number of methoxy groups -OCH3 is 1. The van der Waals surface area contributed by atoms with E-state index >= 15 is 0 Å². The van der Waals surface area contributed by atoms with Crippen LogP contribution in [0.4, 0.5) is 0 Å². The van der Waals surface area contributed by atoms with Crippen LogP contribution in [-0.4, -0.2) is 13.1 Å². The van der Waals surface area contributed by atoms with Gasteiger partial charge in [0, 0.05) is 7.11 Å². The summed E-state index contributed by atoms with van der Waals surface area (Å²) in [5.74, 6) is 0. The fourth-order valence-electron chi connectivity index (χ4n) is 1.38. The molecule has 0 spiro atoms. The van der Waals surface area contributed by atoms with Gasteiger partial charge >= 0.3 is 6.00 Å². The molecule has 1 unspecified atom stereocenters. The first-order chi connectivity index (χ1) is 7.03. The van der Waals surface area contributed by atoms with E-state index in [9.17, 15) is 0 Å². The van der Waals surface area contributed by atoms with Crippen molar-refractivity contribution in [1.29, 1.82) is 0 Å². The zero-order valence-electron chi connectivity index (χ0n) is 8.42. The lowest BCUT2D eigenvalue weighted by Gasteiger charge is -2.17. The molecule has 5 heteroatoms. The molecule has 1 nitrogen and oxygen atoms in total. The van der Waals surface area contributed by atoms with Gasteiger partial charge in [-0.05, 0) is 18.0 Å². The molecular formula is C10H13Cl3OSi. The third-order valence-corrected chi connectivity index (χ3v) is 4.70. The highest BCUT2D eigenvalue weighted by molar-refractivity contribution is 7.64. The van der Waals surface area contributed by atoms with Gasteiger partial charge in [-0.25, -0.2) is 0 Å². The molecule has 0 N–H and O–H groups in total. The van der Waals surface area contributed by atoms with Gasteiger partial charge in [-0.2, -0.15) is 0 Å². The average molecular weight is 284 g/mol. The van der Waals surface area contributed by atoms with Crippen molar-refractivity contribution in [2.75, 3.05) is 7.11 Å². The van der Waals surface area contributed by atoms with Crippen molar-refractivity contribution >= 4 is 39.2 Å². The van der Waals surface area contributed by atoms with Crippen molar-refractivity contribution in [3.8, 4) is 0 Å². The van der Waals surface area contributed by atoms with E-state index in [4.69, 9.17) is 38.0 Å². The standard InChI is InChI=1S/C10H13Cl3OSi/c1-14-10(7-8-15(11,12)13)9-5-3-2-4-6-9/h2-6,10H,7-8H2,1H3. The maximum atomic E-state index is 5.84. The van der Waals surface area contributed by atoms with Gasteiger partial charge in [0.1, 0.15) is 0 Å². The summed E-state index contributed by atoms with van der Waals surface area (Å²) in [5.41, 5.74) is 1.13. The Labute approximate surface area is 105 Å². The molecule has 0 bridgehead atoms. The molecular weight excluding hydrogens is 271 g/mol. The van der Waals surface area contributed by atoms with E-state index in [1.165, 1.54) is 0 Å². The topological polar surface area (TPSA) is 9.23 Å². The lowest BCUT2D eigenvalue weighted by atomic mass is 10.1. The Morgan fingerprint density at radius 2 is 1.80 bits per heavy atom. The van der Waals surface area contributed by atoms with E-state index in [2.05, 4.69) is 0 Å². The minimum atomic E-state index is -2.53. The molecule has 0 saturated carbocycles. The highest BCUT2D eigenvalue weighted by Crippen LogP contribution is 2.31. The van der Waals surface area contributed by atoms with Crippen LogP contribution < -0.4 is 0 Å². The zero-order chi connectivity index (χ0) is 11.3. The van der Waals surface area contributed by atoms with Gasteiger partial charge in [-0.15, -0.1) is 33.2 Å². The highest BCUT2D eigenvalue weighted by Gasteiger charge is 2.26. The largest absolute Gasteiger partial charge is 0.377 e. The van der Waals surface area contributed by atoms with Crippen molar-refractivity contribution in [2.24, 2.45) is 0 Å². The number of benzene rings is 1. The van der Waals surface area contributed by atoms with Crippen LogP contribution in [-0.2, 0) is 4.74 Å². The number of hydrogen-bond donors (Lipinski definition) is 0. The first-order valence-corrected chi connectivity index (χ1v) is 9.91. The summed E-state index contributed by atoms with van der Waals surface area (Å²) in [6.45, 7) is 0. The van der Waals surface area contributed by atoms with Crippen molar-refractivity contribution in [2.45, 2.75) is 18.6 Å². The maximum absolute atomic E-state index is 5.84. The van der Waals surface area contributed by atoms with Gasteiger partial charge in [0.25, 0.3) is 0 Å². The summed E-state index contributed by atoms with van der Waals surface area (Å²) in [4.78, 5) is 0. The van der Waals surface area contributed by atoms with Crippen LogP contribution in [0, 0.1) is 0 Å². The number of rotatable bonds is 5. The van der Waals surface area contributed by atoms with Crippen LogP contribution >= 0.6 is 33.2 Å². The summed E-state index contributed by atoms with van der Waals surface area (Å²) in [5, 5.41) is 0. The van der Waals surface area contributed by atoms with Crippen LogP contribution in [0.5, 0.6) is 0 Å². The fraction of sp³-hybridized carbons (Fsp3) is 0.400. The van der Waals surface area contributed by atoms with Crippen LogP contribution in [0.15, 0.2) is 30.3 Å². The molecule has 1 atom stereocenters. The Hall–Kier alpha value is 0.267. The SMILES string of the molecule is COC(CC[Si](Cl)(Cl)Cl)c1ccccc1. The molecule has 1 aromatic rings. The number of halogens is 3. The van der Waals surface area contributed by atoms with E-state index in [0.717, 1.165) is 12.0 Å². The summed E-state index contributed by atoms with van der Waals surface area (Å²) in [6, 6.07) is 8.06. The summed E-state index contributed by atoms with van der Waals surface area (Å²) >= 11 is 17.5. The van der Waals surface area contributed by atoms with Crippen LogP contribution in [0.3, 0.4) is 0 Å². The molecule has 0 aromatic heterocycles. The predicted octanol–water partition coefficient (Wildman–Crippen LogP) is 4.42. The molecule has 15 heavy (non-hydrogen) atoms. The molecule has 0 aliphatic rings. The quantitative estimate of drug-likeness (QED) is 0.574. The average Bonchev–Trinajstić information content (AvgIpc) is 2.19. The summed E-state index contributed by atoms with van der Waals surface area (Å²) < 4.78 is 5.38. The number of ether oxygens (including phenoxy) is 1. The first kappa shape index (κ1) is 13.3. The monoisotopic (exact) mass is 282 g/mol. The van der Waals surface area contributed by atoms with Crippen molar-refractivity contribution in [3.05, 3.63) is 35.9 Å². The maximum Gasteiger partial charge on any atom is 0.341 e. The van der Waals surface area contributed by atoms with Crippen molar-refractivity contribution in [1.82, 2.24) is 0 Å². The van der Waals surface area contributed by atoms with Gasteiger partial charge < -0.3 is 4.74 Å². The van der Waals surface area contributed by atoms with Crippen LogP contribution in [0.25, 0.3) is 0 Å². The molecule has 0 saturated heterocycles. The van der Waals surface area contributed by atoms with Crippen LogP contribution in [0.1, 0.15) is 18.1 Å². The molecule has 0 fully saturated rings. The van der Waals surface area contributed by atoms with Gasteiger partial charge in [-0.1, -0.05) is 30.3 Å². The van der Waals surface area contributed by atoms with Gasteiger partial charge in [0.2, 0.25) is 0 Å². The van der Waals surface area contributed by atoms with E-state index in [0.29, 0.717) is 6.04 Å². The molecule has 1 aromatic carbocycles. The number of hydrogen-bond acceptors (Lipinski definition) is 1. The van der Waals surface area contributed by atoms with E-state index in [1.807, 2.05) is 30.3 Å². The Kier molecular flexibility index (Phi) is 5.43. The minimum absolute atomic E-state index is 0.0225. The van der Waals surface area contributed by atoms with E-state index in [-0.39, 0.29) is 6.10 Å². The second-order valence-electron chi connectivity index (χ2n) is 3.29. The second kappa shape index (κ2) is 6.11. The van der Waals surface area contributed by atoms with Crippen molar-refractivity contribution < 1.29 is 4.74 Å². The van der Waals surface area contributed by atoms with E-state index < -0.39 is 6.00 Å². The molecule has 0 heterocycles. The zero-order valence-corrected chi connectivity index (χ0v) is 11.7. The Morgan fingerprint density at radius 3 is 2.27 bits per heavy atom. The highest BCUT2D eigenvalue weighted by atomic mass is 35.8. The molecule has 0 radical (unpaired) electrons. The smallest absolute Gasteiger partial charge is 0.341 e. The second-order valence-corrected chi connectivity index (χ2v) is 12.6. The Balaban J connectivity index is 2.58. The molecule has 0 aliphatic heterocycles. The predicted molar refractivity (Wildman–Crippen MR) is 68.9 cm³/mol. The van der Waals surface area contributed by atoms with Gasteiger partial charge in [0.15, 0.2) is 0 Å². The fourth-order valence-corrected chi connectivity index (χ4v) is 2.95. The first-order valence-electron chi connectivity index (χ1n) is 4.67. The molecule has 84 valence electrons. The molecule has 0 aliphatic carbocycles. The van der Waals surface area contributed by atoms with Gasteiger partial charge in [0.05, 0.1) is 6.10 Å². The summed E-state index contributed by atoms with van der Waals surface area (Å²) in [7, 11) is 1.68. The third-order valence-electron chi connectivity index (χ3n) is 2.15. The third kappa shape index (κ3) is 5.23. The Bertz CT molecular complexity index is 286. The van der Waals surface area contributed by atoms with Gasteiger partial charge in [-0.3, -0.25) is 0 Å².